The summed E-state index contributed by atoms with van der Waals surface area (Å²) in [5.74, 6) is 0. The van der Waals surface area contributed by atoms with E-state index in [4.69, 9.17) is 0 Å². The molecule has 0 fully saturated rings. The van der Waals surface area contributed by atoms with Crippen molar-refractivity contribution in [2.75, 3.05) is 0 Å². The van der Waals surface area contributed by atoms with Gasteiger partial charge in [0.15, 0.2) is 0 Å². The van der Waals surface area contributed by atoms with Gasteiger partial charge in [0.2, 0.25) is 0 Å². The van der Waals surface area contributed by atoms with Crippen LogP contribution in [0.5, 0.6) is 0 Å². The molecule has 0 spiro atoms. The molecule has 0 nitrogen and oxygen atoms in total. The predicted octanol–water partition coefficient (Wildman–Crippen LogP) is -8.79. The fraction of sp³-hybridized carbons (Fsp3) is 0. The van der Waals surface area contributed by atoms with Gasteiger partial charge in [-0.05, 0) is 0 Å². The minimum Gasteiger partial charge on any atom is -2.00 e. The van der Waals surface area contributed by atoms with E-state index in [1.807, 2.05) is 0 Å². The summed E-state index contributed by atoms with van der Waals surface area (Å²) in [6, 6.07) is 0. The smallest absolute Gasteiger partial charge is 2.00 e. The van der Waals surface area contributed by atoms with E-state index in [9.17, 15) is 0 Å². The maximum absolute atomic E-state index is 0. The second kappa shape index (κ2) is 451. The van der Waals surface area contributed by atoms with Gasteiger partial charge in [-0.1, -0.05) is 0 Å². The Balaban J connectivity index is 0. The van der Waals surface area contributed by atoms with Gasteiger partial charge in [0, 0.05) is 0 Å². The molecule has 0 aliphatic rings. The molecule has 0 aliphatic heterocycles. The standard InChI is InChI=1S/4Al.4Cu.4Ga.4In.11S.11Se/q4*+3;4*+2;8*+3;22*-2. The minimum atomic E-state index is 0. The predicted molar refractivity (Wildman–Crippen MR) is 213 cm³/mol. The third kappa shape index (κ3) is 427. The van der Waals surface area contributed by atoms with Crippen molar-refractivity contribution in [1.82, 2.24) is 0 Å². The molecular weight excluding hydrogens is 2320 g/mol. The van der Waals surface area contributed by atoms with Gasteiger partial charge in [-0.3, -0.25) is 0 Å². The van der Waals surface area contributed by atoms with Crippen LogP contribution in [0, 0.1) is 0 Å². The Bertz CT molecular complexity index is 91.3. The van der Waals surface area contributed by atoms with Crippen LogP contribution in [0.2, 0.25) is 0 Å². The zero-order valence-electron chi connectivity index (χ0n) is 17.1. The van der Waals surface area contributed by atoms with E-state index in [2.05, 4.69) is 0 Å². The van der Waals surface area contributed by atoms with Crippen molar-refractivity contribution in [2.24, 2.45) is 0 Å². The summed E-state index contributed by atoms with van der Waals surface area (Å²) in [5, 5.41) is 0. The first-order chi connectivity index (χ1) is 0. The van der Waals surface area contributed by atoms with Crippen LogP contribution in [-0.4, -0.2) is 440 Å². The van der Waals surface area contributed by atoms with Gasteiger partial charge in [-0.2, -0.15) is 0 Å². The van der Waals surface area contributed by atoms with Crippen molar-refractivity contribution >= 4 is 588 Å². The van der Waals surface area contributed by atoms with Crippen LogP contribution in [0.25, 0.3) is 0 Å². The van der Waals surface area contributed by atoms with Crippen LogP contribution < -0.4 is 0 Å². The molecule has 38 heteroatoms. The molecule has 0 aliphatic carbocycles. The van der Waals surface area contributed by atoms with Crippen molar-refractivity contribution in [3.8, 4) is 0 Å². The quantitative estimate of drug-likeness (QED) is 0.212. The largest absolute Gasteiger partial charge is 3.00 e. The monoisotopic (exact) mass is 2330 g/mol. The maximum Gasteiger partial charge on any atom is 3.00 e. The van der Waals surface area contributed by atoms with Crippen LogP contribution in [0.15, 0.2) is 0 Å². The second-order valence-electron chi connectivity index (χ2n) is 0. The van der Waals surface area contributed by atoms with Crippen molar-refractivity contribution in [1.29, 1.82) is 0 Å². The normalized spacial score (nSPS) is 0. The van der Waals surface area contributed by atoms with Crippen LogP contribution in [-0.2, 0) is 217 Å². The van der Waals surface area contributed by atoms with E-state index in [0.29, 0.717) is 0 Å². The summed E-state index contributed by atoms with van der Waals surface area (Å²) in [6.45, 7) is 0. The number of hydrogen-bond donors (Lipinski definition) is 0. The summed E-state index contributed by atoms with van der Waals surface area (Å²) in [5.41, 5.74) is 0. The van der Waals surface area contributed by atoms with Crippen LogP contribution in [0.1, 0.15) is 0 Å². The molecule has 212 valence electrons. The maximum atomic E-state index is 0. The molecule has 0 N–H and O–H groups in total. The van der Waals surface area contributed by atoms with E-state index in [1.54, 1.807) is 0 Å². The molecule has 0 saturated heterocycles. The van der Waals surface area contributed by atoms with Crippen LogP contribution in [0.4, 0.5) is 0 Å². The Morgan fingerprint density at radius 1 is 0.158 bits per heavy atom. The van der Waals surface area contributed by atoms with E-state index in [1.165, 1.54) is 0 Å². The summed E-state index contributed by atoms with van der Waals surface area (Å²) in [4.78, 5) is 0. The Labute approximate surface area is 639 Å². The number of hydrogen-bond acceptors (Lipinski definition) is 0. The molecule has 0 aromatic heterocycles. The van der Waals surface area contributed by atoms with E-state index in [-0.39, 0.29) is 656 Å². The van der Waals surface area contributed by atoms with Crippen LogP contribution >= 0.6 is 0 Å². The molecule has 38 heavy (non-hydrogen) atoms. The van der Waals surface area contributed by atoms with Crippen molar-refractivity contribution < 1.29 is 68.3 Å². The van der Waals surface area contributed by atoms with Gasteiger partial charge < -0.3 is 336 Å². The molecule has 0 atom stereocenters. The SMILES string of the molecule is [Al+3].[Al+3].[Al+3].[Al+3].[Cu+2].[Cu+2].[Cu+2].[Cu+2].[Ga+3].[Ga+3].[Ga+3].[Ga+3].[In+3].[In+3].[In+3].[In+3].[S-2].[S-2].[S-2].[S-2].[S-2].[S-2].[S-2].[S-2].[S-2].[S-2].[S-2].[Se-2].[Se-2].[Se-2].[Se-2].[Se-2].[Se-2].[Se-2].[Se-2].[Se-2].[Se-2].[Se-2]. The molecule has 0 aromatic carbocycles. The van der Waals surface area contributed by atoms with Crippen molar-refractivity contribution in [3.05, 3.63) is 0 Å². The molecule has 0 bridgehead atoms. The van der Waals surface area contributed by atoms with Gasteiger partial charge in [-0.15, -0.1) is 0 Å². The average molecular weight is 2320 g/mol. The average Bonchev–Trinajstić information content (AvgIpc) is 0. The fourth-order valence-electron chi connectivity index (χ4n) is 0. The Hall–Kier alpha value is 19.8. The number of rotatable bonds is 0. The summed E-state index contributed by atoms with van der Waals surface area (Å²) in [6.07, 6.45) is 0. The van der Waals surface area contributed by atoms with Crippen LogP contribution in [0.3, 0.4) is 0 Å². The topological polar surface area (TPSA) is 0 Å². The van der Waals surface area contributed by atoms with E-state index in [0.717, 1.165) is 0 Å². The molecular formula is Al4Cu4Ga4In4S11Se11. The third-order valence-electron chi connectivity index (χ3n) is 0. The third-order valence-corrected chi connectivity index (χ3v) is 0. The molecule has 0 amide bonds. The molecule has 0 rings (SSSR count). The van der Waals surface area contributed by atoms with Crippen molar-refractivity contribution in [2.45, 2.75) is 0 Å². The zero-order valence-corrected chi connectivity index (χ0v) is 76.2. The molecule has 4 radical (unpaired) electrons. The van der Waals surface area contributed by atoms with Gasteiger partial charge in [-0.25, -0.2) is 0 Å². The Kier molecular flexibility index (Phi) is 5650. The first kappa shape index (κ1) is 476. The Morgan fingerprint density at radius 2 is 0.158 bits per heavy atom. The molecule has 0 unspecified atom stereocenters. The van der Waals surface area contributed by atoms with Gasteiger partial charge in [0.25, 0.3) is 0 Å². The van der Waals surface area contributed by atoms with Gasteiger partial charge >= 0.3 is 320 Å². The summed E-state index contributed by atoms with van der Waals surface area (Å²) >= 11 is 0. The summed E-state index contributed by atoms with van der Waals surface area (Å²) in [7, 11) is 0. The second-order valence-corrected chi connectivity index (χ2v) is 0. The van der Waals surface area contributed by atoms with E-state index >= 15 is 0 Å². The molecule has 0 aromatic rings. The van der Waals surface area contributed by atoms with Gasteiger partial charge in [0.05, 0.1) is 0 Å². The van der Waals surface area contributed by atoms with Crippen molar-refractivity contribution in [3.63, 3.8) is 0 Å². The van der Waals surface area contributed by atoms with Gasteiger partial charge in [0.1, 0.15) is 0 Å². The van der Waals surface area contributed by atoms with E-state index < -0.39 is 0 Å². The minimum absolute atomic E-state index is 0. The Morgan fingerprint density at radius 3 is 0.158 bits per heavy atom. The first-order valence-corrected chi connectivity index (χ1v) is 0. The first-order valence-electron chi connectivity index (χ1n) is 0. The molecule has 0 saturated carbocycles. The molecule has 0 heterocycles. The fourth-order valence-corrected chi connectivity index (χ4v) is 0. The summed E-state index contributed by atoms with van der Waals surface area (Å²) < 4.78 is 0. The zero-order chi connectivity index (χ0) is 0.